The largest absolute Gasteiger partial charge is 2.00 e. The van der Waals surface area contributed by atoms with E-state index in [0.717, 1.165) is 12.8 Å². The van der Waals surface area contributed by atoms with E-state index in [1.54, 1.807) is 0 Å². The van der Waals surface area contributed by atoms with Gasteiger partial charge in [0.25, 0.3) is 0 Å². The van der Waals surface area contributed by atoms with E-state index in [1.807, 2.05) is 0 Å². The molecule has 0 amide bonds. The molecular formula is C19H40CaO2. The molecule has 1 unspecified atom stereocenters. The molecule has 0 fully saturated rings. The van der Waals surface area contributed by atoms with Crippen LogP contribution in [0.25, 0.3) is 0 Å². The van der Waals surface area contributed by atoms with Gasteiger partial charge in [-0.2, -0.15) is 0 Å². The van der Waals surface area contributed by atoms with E-state index < -0.39 is 5.97 Å². The predicted molar refractivity (Wildman–Crippen MR) is 99.7 cm³/mol. The Kier molecular flexibility index (Phi) is 22.5. The first kappa shape index (κ1) is 25.0. The average Bonchev–Trinajstić information content (AvgIpc) is 2.44. The van der Waals surface area contributed by atoms with Crippen LogP contribution in [-0.2, 0) is 4.79 Å². The fraction of sp³-hybridized carbons (Fsp3) is 0.947. The molecule has 0 aromatic carbocycles. The summed E-state index contributed by atoms with van der Waals surface area (Å²) in [5.74, 6) is 0.0415. The number of carbonyl (C=O) groups is 1. The van der Waals surface area contributed by atoms with E-state index in [4.69, 9.17) is 5.11 Å². The van der Waals surface area contributed by atoms with E-state index in [-0.39, 0.29) is 40.6 Å². The molecule has 0 bridgehead atoms. The van der Waals surface area contributed by atoms with Crippen LogP contribution < -0.4 is 0 Å². The van der Waals surface area contributed by atoms with Crippen molar-refractivity contribution in [2.75, 3.05) is 0 Å². The second-order valence-electron chi connectivity index (χ2n) is 6.72. The number of hydrogen-bond donors (Lipinski definition) is 1. The van der Waals surface area contributed by atoms with Crippen molar-refractivity contribution in [3.8, 4) is 0 Å². The summed E-state index contributed by atoms with van der Waals surface area (Å²) in [5, 5.41) is 8.60. The summed E-state index contributed by atoms with van der Waals surface area (Å²) >= 11 is 0. The topological polar surface area (TPSA) is 37.3 Å². The quantitative estimate of drug-likeness (QED) is 0.260. The van der Waals surface area contributed by atoms with Crippen LogP contribution in [0.15, 0.2) is 0 Å². The van der Waals surface area contributed by atoms with Crippen LogP contribution in [0.1, 0.15) is 113 Å². The molecule has 1 atom stereocenters. The molecule has 0 saturated carbocycles. The van der Waals surface area contributed by atoms with Crippen molar-refractivity contribution in [2.45, 2.75) is 110 Å². The fourth-order valence-electron chi connectivity index (χ4n) is 2.90. The summed E-state index contributed by atoms with van der Waals surface area (Å²) in [6, 6.07) is 0. The molecule has 0 aliphatic rings. The normalized spacial score (nSPS) is 11.9. The number of carboxylic acid groups (broad SMARTS) is 1. The summed E-state index contributed by atoms with van der Waals surface area (Å²) in [4.78, 5) is 10.4. The van der Waals surface area contributed by atoms with Gasteiger partial charge >= 0.3 is 43.7 Å². The van der Waals surface area contributed by atoms with Crippen LogP contribution in [0.2, 0.25) is 0 Å². The maximum Gasteiger partial charge on any atom is 2.00 e. The Morgan fingerprint density at radius 1 is 0.818 bits per heavy atom. The van der Waals surface area contributed by atoms with Crippen LogP contribution >= 0.6 is 0 Å². The maximum absolute atomic E-state index is 10.4. The van der Waals surface area contributed by atoms with Crippen LogP contribution in [0, 0.1) is 5.92 Å². The monoisotopic (exact) mass is 340 g/mol. The van der Waals surface area contributed by atoms with Crippen LogP contribution in [0.3, 0.4) is 0 Å². The minimum atomic E-state index is -0.656. The molecule has 0 saturated heterocycles. The number of carboxylic acids is 1. The number of aliphatic carboxylic acids is 1. The molecule has 130 valence electrons. The second-order valence-corrected chi connectivity index (χ2v) is 6.72. The summed E-state index contributed by atoms with van der Waals surface area (Å²) in [6.07, 6.45) is 18.9. The SMILES string of the molecule is CCCCCCCCCCCCCC(C)CCCC(=O)O.[Ca+2].[H-].[H-]. The molecule has 3 heteroatoms. The van der Waals surface area contributed by atoms with Crippen molar-refractivity contribution in [3.05, 3.63) is 0 Å². The molecule has 2 nitrogen and oxygen atoms in total. The zero-order chi connectivity index (χ0) is 15.8. The Balaban J connectivity index is -0.000000667. The third-order valence-electron chi connectivity index (χ3n) is 4.39. The molecule has 22 heavy (non-hydrogen) atoms. The van der Waals surface area contributed by atoms with Crippen LogP contribution in [0.5, 0.6) is 0 Å². The molecule has 0 heterocycles. The van der Waals surface area contributed by atoms with Crippen molar-refractivity contribution in [3.63, 3.8) is 0 Å². The first-order valence-electron chi connectivity index (χ1n) is 9.38. The molecule has 0 aliphatic carbocycles. The van der Waals surface area contributed by atoms with Gasteiger partial charge in [-0.25, -0.2) is 0 Å². The predicted octanol–water partition coefficient (Wildman–Crippen LogP) is 6.42. The van der Waals surface area contributed by atoms with E-state index in [9.17, 15) is 4.79 Å². The molecule has 0 aliphatic heterocycles. The Morgan fingerprint density at radius 3 is 1.68 bits per heavy atom. The van der Waals surface area contributed by atoms with Crippen LogP contribution in [-0.4, -0.2) is 48.8 Å². The van der Waals surface area contributed by atoms with Gasteiger partial charge in [-0.3, -0.25) is 4.79 Å². The third kappa shape index (κ3) is 20.7. The molecule has 0 aromatic rings. The van der Waals surface area contributed by atoms with Crippen molar-refractivity contribution < 1.29 is 12.8 Å². The van der Waals surface area contributed by atoms with Gasteiger partial charge in [-0.05, 0) is 12.3 Å². The zero-order valence-electron chi connectivity index (χ0n) is 17.2. The fourth-order valence-corrected chi connectivity index (χ4v) is 2.90. The third-order valence-corrected chi connectivity index (χ3v) is 4.39. The van der Waals surface area contributed by atoms with Crippen molar-refractivity contribution in [1.82, 2.24) is 0 Å². The molecular weight excluding hydrogens is 300 g/mol. The smallest absolute Gasteiger partial charge is 1.00 e. The van der Waals surface area contributed by atoms with Gasteiger partial charge in [-0.15, -0.1) is 0 Å². The van der Waals surface area contributed by atoms with Crippen molar-refractivity contribution in [1.29, 1.82) is 0 Å². The van der Waals surface area contributed by atoms with Gasteiger partial charge in [0.1, 0.15) is 0 Å². The van der Waals surface area contributed by atoms with E-state index in [2.05, 4.69) is 13.8 Å². The molecule has 0 spiro atoms. The number of unbranched alkanes of at least 4 members (excludes halogenated alkanes) is 10. The second kappa shape index (κ2) is 19.8. The average molecular weight is 341 g/mol. The minimum absolute atomic E-state index is 0. The molecule has 0 radical (unpaired) electrons. The van der Waals surface area contributed by atoms with Gasteiger partial charge in [0.05, 0.1) is 0 Å². The summed E-state index contributed by atoms with van der Waals surface area (Å²) in [6.45, 7) is 4.53. The first-order chi connectivity index (χ1) is 10.2. The van der Waals surface area contributed by atoms with Gasteiger partial charge < -0.3 is 7.96 Å². The van der Waals surface area contributed by atoms with Crippen molar-refractivity contribution >= 4 is 43.7 Å². The Labute approximate surface area is 171 Å². The first-order valence-corrected chi connectivity index (χ1v) is 9.38. The van der Waals surface area contributed by atoms with Gasteiger partial charge in [-0.1, -0.05) is 97.3 Å². The van der Waals surface area contributed by atoms with Gasteiger partial charge in [0.2, 0.25) is 0 Å². The summed E-state index contributed by atoms with van der Waals surface area (Å²) in [7, 11) is 0. The maximum atomic E-state index is 10.4. The summed E-state index contributed by atoms with van der Waals surface area (Å²) in [5.41, 5.74) is 0. The number of rotatable bonds is 16. The number of hydrogen-bond acceptors (Lipinski definition) is 1. The Bertz CT molecular complexity index is 241. The zero-order valence-corrected chi connectivity index (χ0v) is 17.5. The van der Waals surface area contributed by atoms with Gasteiger partial charge in [0.15, 0.2) is 0 Å². The minimum Gasteiger partial charge on any atom is -1.00 e. The van der Waals surface area contributed by atoms with E-state index in [0.29, 0.717) is 12.3 Å². The Morgan fingerprint density at radius 2 is 1.23 bits per heavy atom. The Hall–Kier alpha value is 0.730. The van der Waals surface area contributed by atoms with E-state index in [1.165, 1.54) is 77.0 Å². The summed E-state index contributed by atoms with van der Waals surface area (Å²) < 4.78 is 0. The van der Waals surface area contributed by atoms with Crippen LogP contribution in [0.4, 0.5) is 0 Å². The molecule has 0 aromatic heterocycles. The van der Waals surface area contributed by atoms with Crippen molar-refractivity contribution in [2.24, 2.45) is 5.92 Å². The van der Waals surface area contributed by atoms with Gasteiger partial charge in [0, 0.05) is 6.42 Å². The molecule has 1 N–H and O–H groups in total. The standard InChI is InChI=1S/C19H38O2.Ca.2H/c1-3-4-5-6-7-8-9-10-11-12-13-15-18(2)16-14-17-19(20)21;;;/h18H,3-17H2,1-2H3,(H,20,21);;;/q;+2;2*-1. The van der Waals surface area contributed by atoms with E-state index >= 15 is 0 Å². The molecule has 0 rings (SSSR count).